The van der Waals surface area contributed by atoms with Crippen LogP contribution in [0, 0.1) is 34.5 Å². The van der Waals surface area contributed by atoms with Crippen LogP contribution in [-0.4, -0.2) is 22.8 Å². The molecule has 0 bridgehead atoms. The lowest BCUT2D eigenvalue weighted by molar-refractivity contribution is 0.318. The van der Waals surface area contributed by atoms with E-state index in [2.05, 4.69) is 22.4 Å². The van der Waals surface area contributed by atoms with Crippen LogP contribution in [0.5, 0.6) is 0 Å². The maximum atomic E-state index is 9.20. The molecular weight excluding hydrogens is 264 g/mol. The number of azo groups is 1. The van der Waals surface area contributed by atoms with Crippen LogP contribution in [0.15, 0.2) is 10.2 Å². The molecule has 2 unspecified atom stereocenters. The molecule has 0 spiro atoms. The summed E-state index contributed by atoms with van der Waals surface area (Å²) < 4.78 is 0. The molecular formula is C16H30N4O. The number of hydrogen-bond donors (Lipinski definition) is 1. The van der Waals surface area contributed by atoms with Crippen molar-refractivity contribution in [1.29, 1.82) is 10.5 Å². The van der Waals surface area contributed by atoms with Crippen molar-refractivity contribution in [2.24, 2.45) is 22.1 Å². The maximum absolute atomic E-state index is 9.20. The van der Waals surface area contributed by atoms with Gasteiger partial charge in [-0.05, 0) is 45.4 Å². The zero-order chi connectivity index (χ0) is 17.1. The van der Waals surface area contributed by atoms with Gasteiger partial charge in [0.25, 0.3) is 0 Å². The smallest absolute Gasteiger partial charge is 0.165 e. The van der Waals surface area contributed by atoms with E-state index in [4.69, 9.17) is 5.11 Å². The highest BCUT2D eigenvalue weighted by molar-refractivity contribution is 5.07. The average Bonchev–Trinajstić information content (AvgIpc) is 2.36. The van der Waals surface area contributed by atoms with Crippen LogP contribution in [-0.2, 0) is 0 Å². The Hall–Kier alpha value is -1.46. The number of nitrogens with zero attached hydrogens (tertiary/aromatic N) is 4. The standard InChI is InChI=1S/C14H24N4.C2H6O/c1-11(2)7-13(5,9-15)17-18-14(6,10-16)8-12(3)4;1-2-3/h11-12H,7-8H2,1-6H3;3H,2H2,1H3. The fraction of sp³-hybridized carbons (Fsp3) is 0.875. The van der Waals surface area contributed by atoms with Crippen LogP contribution >= 0.6 is 0 Å². The van der Waals surface area contributed by atoms with Crippen LogP contribution in [0.4, 0.5) is 0 Å². The van der Waals surface area contributed by atoms with E-state index in [0.29, 0.717) is 24.7 Å². The molecule has 21 heavy (non-hydrogen) atoms. The summed E-state index contributed by atoms with van der Waals surface area (Å²) in [5, 5.41) is 34.3. The molecule has 0 aliphatic heterocycles. The second-order valence-electron chi connectivity index (χ2n) is 6.48. The zero-order valence-corrected chi connectivity index (χ0v) is 14.5. The summed E-state index contributed by atoms with van der Waals surface area (Å²) in [6, 6.07) is 4.38. The fourth-order valence-corrected chi connectivity index (χ4v) is 2.03. The Kier molecular flexibility index (Phi) is 10.7. The molecule has 5 nitrogen and oxygen atoms in total. The summed E-state index contributed by atoms with van der Waals surface area (Å²) in [6.07, 6.45) is 1.30. The molecule has 0 amide bonds. The third-order valence-corrected chi connectivity index (χ3v) is 2.58. The summed E-state index contributed by atoms with van der Waals surface area (Å²) in [5.74, 6) is 0.735. The molecule has 0 heterocycles. The minimum absolute atomic E-state index is 0.250. The Labute approximate surface area is 129 Å². The molecule has 1 N–H and O–H groups in total. The van der Waals surface area contributed by atoms with Gasteiger partial charge in [-0.15, -0.1) is 0 Å². The SMILES string of the molecule is CC(C)CC(C)(C#N)N=NC(C)(C#N)CC(C)C.CCO. The first kappa shape index (κ1) is 21.8. The molecule has 0 saturated carbocycles. The molecule has 0 aromatic heterocycles. The highest BCUT2D eigenvalue weighted by Gasteiger charge is 2.29. The van der Waals surface area contributed by atoms with Crippen molar-refractivity contribution in [3.63, 3.8) is 0 Å². The summed E-state index contributed by atoms with van der Waals surface area (Å²) in [7, 11) is 0. The van der Waals surface area contributed by atoms with E-state index in [9.17, 15) is 10.5 Å². The number of aliphatic hydroxyl groups is 1. The number of hydrogen-bond acceptors (Lipinski definition) is 5. The minimum Gasteiger partial charge on any atom is -0.397 e. The predicted molar refractivity (Wildman–Crippen MR) is 84.6 cm³/mol. The summed E-state index contributed by atoms with van der Waals surface area (Å²) in [4.78, 5) is 0. The van der Waals surface area contributed by atoms with Gasteiger partial charge in [-0.3, -0.25) is 0 Å². The molecule has 0 aromatic rings. The van der Waals surface area contributed by atoms with E-state index in [-0.39, 0.29) is 6.61 Å². The van der Waals surface area contributed by atoms with Gasteiger partial charge in [0, 0.05) is 6.61 Å². The van der Waals surface area contributed by atoms with Gasteiger partial charge in [-0.25, -0.2) is 0 Å². The van der Waals surface area contributed by atoms with Gasteiger partial charge < -0.3 is 5.11 Å². The Morgan fingerprint density at radius 3 is 1.29 bits per heavy atom. The van der Waals surface area contributed by atoms with Crippen molar-refractivity contribution >= 4 is 0 Å². The van der Waals surface area contributed by atoms with Gasteiger partial charge in [0.15, 0.2) is 11.1 Å². The predicted octanol–water partition coefficient (Wildman–Crippen LogP) is 4.09. The van der Waals surface area contributed by atoms with Gasteiger partial charge in [-0.2, -0.15) is 20.8 Å². The number of nitriles is 2. The van der Waals surface area contributed by atoms with Crippen molar-refractivity contribution in [3.05, 3.63) is 0 Å². The monoisotopic (exact) mass is 294 g/mol. The van der Waals surface area contributed by atoms with E-state index in [0.717, 1.165) is 0 Å². The summed E-state index contributed by atoms with van der Waals surface area (Å²) in [6.45, 7) is 13.6. The first-order valence-electron chi connectivity index (χ1n) is 7.45. The number of rotatable bonds is 6. The van der Waals surface area contributed by atoms with Crippen molar-refractivity contribution in [2.75, 3.05) is 6.61 Å². The van der Waals surface area contributed by atoms with E-state index in [1.807, 2.05) is 27.7 Å². The molecule has 0 aliphatic carbocycles. The molecule has 2 atom stereocenters. The lowest BCUT2D eigenvalue weighted by Crippen LogP contribution is -2.26. The normalized spacial score (nSPS) is 16.6. The molecule has 120 valence electrons. The summed E-state index contributed by atoms with van der Waals surface area (Å²) >= 11 is 0. The molecule has 0 fully saturated rings. The third-order valence-electron chi connectivity index (χ3n) is 2.58. The second-order valence-corrected chi connectivity index (χ2v) is 6.48. The largest absolute Gasteiger partial charge is 0.397 e. The quantitative estimate of drug-likeness (QED) is 0.747. The molecule has 5 heteroatoms. The van der Waals surface area contributed by atoms with Gasteiger partial charge in [-0.1, -0.05) is 27.7 Å². The maximum Gasteiger partial charge on any atom is 0.165 e. The fourth-order valence-electron chi connectivity index (χ4n) is 2.03. The van der Waals surface area contributed by atoms with Crippen LogP contribution in [0.1, 0.15) is 61.3 Å². The Morgan fingerprint density at radius 1 is 0.905 bits per heavy atom. The van der Waals surface area contributed by atoms with Gasteiger partial charge in [0.05, 0.1) is 12.1 Å². The Balaban J connectivity index is 0. The van der Waals surface area contributed by atoms with Crippen molar-refractivity contribution < 1.29 is 5.11 Å². The lowest BCUT2D eigenvalue weighted by Gasteiger charge is -2.22. The van der Waals surface area contributed by atoms with Crippen LogP contribution in [0.2, 0.25) is 0 Å². The highest BCUT2D eigenvalue weighted by Crippen LogP contribution is 2.25. The van der Waals surface area contributed by atoms with E-state index >= 15 is 0 Å². The topological polar surface area (TPSA) is 92.5 Å². The lowest BCUT2D eigenvalue weighted by atomic mass is 9.92. The van der Waals surface area contributed by atoms with Crippen LogP contribution in [0.25, 0.3) is 0 Å². The molecule has 0 rings (SSSR count). The van der Waals surface area contributed by atoms with Gasteiger partial charge in [0.1, 0.15) is 0 Å². The molecule has 0 aliphatic rings. The van der Waals surface area contributed by atoms with Crippen LogP contribution in [0.3, 0.4) is 0 Å². The van der Waals surface area contributed by atoms with Crippen molar-refractivity contribution in [2.45, 2.75) is 72.4 Å². The highest BCUT2D eigenvalue weighted by atomic mass is 16.2. The minimum atomic E-state index is -0.830. The van der Waals surface area contributed by atoms with Gasteiger partial charge in [0.2, 0.25) is 0 Å². The van der Waals surface area contributed by atoms with E-state index in [1.54, 1.807) is 20.8 Å². The third kappa shape index (κ3) is 10.9. The van der Waals surface area contributed by atoms with Crippen LogP contribution < -0.4 is 0 Å². The molecule has 0 saturated heterocycles. The Morgan fingerprint density at radius 2 is 1.14 bits per heavy atom. The number of aliphatic hydroxyl groups excluding tert-OH is 1. The molecule has 0 aromatic carbocycles. The second kappa shape index (κ2) is 10.3. The summed E-state index contributed by atoms with van der Waals surface area (Å²) in [5.41, 5.74) is -1.66. The van der Waals surface area contributed by atoms with E-state index < -0.39 is 11.1 Å². The first-order valence-corrected chi connectivity index (χ1v) is 7.45. The van der Waals surface area contributed by atoms with E-state index in [1.165, 1.54) is 0 Å². The average molecular weight is 294 g/mol. The van der Waals surface area contributed by atoms with Crippen molar-refractivity contribution in [1.82, 2.24) is 0 Å². The first-order chi connectivity index (χ1) is 9.58. The Bertz CT molecular complexity index is 356. The molecule has 0 radical (unpaired) electrons. The van der Waals surface area contributed by atoms with Crippen molar-refractivity contribution in [3.8, 4) is 12.1 Å². The zero-order valence-electron chi connectivity index (χ0n) is 14.5. The van der Waals surface area contributed by atoms with Gasteiger partial charge >= 0.3 is 0 Å².